The summed E-state index contributed by atoms with van der Waals surface area (Å²) in [6.45, 7) is 6.65. The van der Waals surface area contributed by atoms with Crippen LogP contribution in [0.4, 0.5) is 0 Å². The van der Waals surface area contributed by atoms with Crippen LogP contribution in [0, 0.1) is 0 Å². The van der Waals surface area contributed by atoms with Gasteiger partial charge >= 0.3 is 17.9 Å². The minimum absolute atomic E-state index is 0.0671. The summed E-state index contributed by atoms with van der Waals surface area (Å²) in [6, 6.07) is 0. The Morgan fingerprint density at radius 3 is 0.651 bits per heavy atom. The van der Waals surface area contributed by atoms with Gasteiger partial charge in [0.2, 0.25) is 0 Å². The van der Waals surface area contributed by atoms with Crippen molar-refractivity contribution in [1.82, 2.24) is 0 Å². The quantitative estimate of drug-likeness (QED) is 0.0261. The summed E-state index contributed by atoms with van der Waals surface area (Å²) >= 11 is 0. The van der Waals surface area contributed by atoms with Crippen LogP contribution in [0.5, 0.6) is 0 Å². The molecule has 1 unspecified atom stereocenters. The second-order valence-electron chi connectivity index (χ2n) is 25.9. The first-order valence-corrected chi connectivity index (χ1v) is 37.8. The van der Waals surface area contributed by atoms with Gasteiger partial charge in [-0.15, -0.1) is 0 Å². The largest absolute Gasteiger partial charge is 0.462 e. The SMILES string of the molecule is CCC/C=C\CCCCCCCC(=O)OCC(COC(=O)CCCCCCCCCCCCCCCCCCCCCCCCC/C=C\CCCCCCCCCC)OC(=O)CCCCCCCCCCCCCCCCCCCCCC. The molecule has 0 aromatic heterocycles. The third kappa shape index (κ3) is 70.5. The van der Waals surface area contributed by atoms with Crippen molar-refractivity contribution in [2.24, 2.45) is 0 Å². The van der Waals surface area contributed by atoms with Crippen LogP contribution in [0.2, 0.25) is 0 Å². The van der Waals surface area contributed by atoms with Crippen molar-refractivity contribution in [1.29, 1.82) is 0 Å². The Kier molecular flexibility index (Phi) is 70.5. The molecule has 83 heavy (non-hydrogen) atoms. The molecule has 0 aliphatic heterocycles. The van der Waals surface area contributed by atoms with Crippen LogP contribution in [0.1, 0.15) is 432 Å². The van der Waals surface area contributed by atoms with Crippen LogP contribution in [0.15, 0.2) is 24.3 Å². The third-order valence-electron chi connectivity index (χ3n) is 17.4. The number of carbonyl (C=O) groups is 3. The third-order valence-corrected chi connectivity index (χ3v) is 17.4. The molecule has 0 rings (SSSR count). The molecule has 0 aliphatic rings. The van der Waals surface area contributed by atoms with E-state index in [1.807, 2.05) is 0 Å². The molecule has 0 saturated heterocycles. The van der Waals surface area contributed by atoms with Crippen molar-refractivity contribution in [2.45, 2.75) is 438 Å². The van der Waals surface area contributed by atoms with Gasteiger partial charge in [0.05, 0.1) is 0 Å². The van der Waals surface area contributed by atoms with E-state index in [4.69, 9.17) is 14.2 Å². The topological polar surface area (TPSA) is 78.9 Å². The van der Waals surface area contributed by atoms with E-state index in [0.29, 0.717) is 19.3 Å². The zero-order chi connectivity index (χ0) is 59.9. The lowest BCUT2D eigenvalue weighted by atomic mass is 10.0. The van der Waals surface area contributed by atoms with Gasteiger partial charge in [0.1, 0.15) is 13.2 Å². The van der Waals surface area contributed by atoms with Crippen molar-refractivity contribution in [3.63, 3.8) is 0 Å². The van der Waals surface area contributed by atoms with Crippen LogP contribution >= 0.6 is 0 Å². The molecule has 0 heterocycles. The lowest BCUT2D eigenvalue weighted by molar-refractivity contribution is -0.167. The van der Waals surface area contributed by atoms with Gasteiger partial charge < -0.3 is 14.2 Å². The minimum Gasteiger partial charge on any atom is -0.462 e. The molecule has 0 amide bonds. The Balaban J connectivity index is 4.00. The van der Waals surface area contributed by atoms with E-state index in [0.717, 1.165) is 70.6 Å². The number of hydrogen-bond donors (Lipinski definition) is 0. The number of unbranched alkanes of at least 4 members (excludes halogenated alkanes) is 56. The first-order chi connectivity index (χ1) is 41.0. The van der Waals surface area contributed by atoms with Crippen LogP contribution in [-0.4, -0.2) is 37.2 Å². The summed E-state index contributed by atoms with van der Waals surface area (Å²) in [5.41, 5.74) is 0. The normalized spacial score (nSPS) is 12.1. The highest BCUT2D eigenvalue weighted by Gasteiger charge is 2.20. The molecule has 0 fully saturated rings. The van der Waals surface area contributed by atoms with Gasteiger partial charge in [-0.1, -0.05) is 373 Å². The van der Waals surface area contributed by atoms with Crippen molar-refractivity contribution in [3.05, 3.63) is 24.3 Å². The average Bonchev–Trinajstić information content (AvgIpc) is 3.49. The van der Waals surface area contributed by atoms with Crippen molar-refractivity contribution < 1.29 is 28.6 Å². The van der Waals surface area contributed by atoms with Gasteiger partial charge in [0.25, 0.3) is 0 Å². The zero-order valence-electron chi connectivity index (χ0n) is 56.5. The number of esters is 3. The Labute approximate surface area is 519 Å². The lowest BCUT2D eigenvalue weighted by Gasteiger charge is -2.18. The van der Waals surface area contributed by atoms with Crippen LogP contribution < -0.4 is 0 Å². The first-order valence-electron chi connectivity index (χ1n) is 37.8. The summed E-state index contributed by atoms with van der Waals surface area (Å²) in [5, 5.41) is 0. The molecule has 6 heteroatoms. The molecule has 0 aromatic rings. The molecular formula is C77H146O6. The van der Waals surface area contributed by atoms with Gasteiger partial charge in [-0.25, -0.2) is 0 Å². The highest BCUT2D eigenvalue weighted by atomic mass is 16.6. The summed E-state index contributed by atoms with van der Waals surface area (Å²) in [7, 11) is 0. The monoisotopic (exact) mass is 1170 g/mol. The van der Waals surface area contributed by atoms with E-state index in [2.05, 4.69) is 45.1 Å². The molecule has 0 aromatic carbocycles. The summed E-state index contributed by atoms with van der Waals surface area (Å²) < 4.78 is 17.0. The van der Waals surface area contributed by atoms with Crippen LogP contribution in [0.25, 0.3) is 0 Å². The van der Waals surface area contributed by atoms with Crippen molar-refractivity contribution >= 4 is 17.9 Å². The molecule has 0 spiro atoms. The molecule has 0 bridgehead atoms. The molecule has 6 nitrogen and oxygen atoms in total. The van der Waals surface area contributed by atoms with Gasteiger partial charge in [-0.3, -0.25) is 14.4 Å². The van der Waals surface area contributed by atoms with Crippen LogP contribution in [0.3, 0.4) is 0 Å². The van der Waals surface area contributed by atoms with E-state index < -0.39 is 6.10 Å². The molecule has 0 N–H and O–H groups in total. The van der Waals surface area contributed by atoms with Crippen molar-refractivity contribution in [3.8, 4) is 0 Å². The van der Waals surface area contributed by atoms with E-state index >= 15 is 0 Å². The zero-order valence-corrected chi connectivity index (χ0v) is 56.5. The molecular weight excluding hydrogens is 1020 g/mol. The maximum absolute atomic E-state index is 12.9. The van der Waals surface area contributed by atoms with Gasteiger partial charge in [-0.2, -0.15) is 0 Å². The summed E-state index contributed by atoms with van der Waals surface area (Å²) in [5.74, 6) is -0.846. The summed E-state index contributed by atoms with van der Waals surface area (Å²) in [6.07, 6.45) is 89.7. The van der Waals surface area contributed by atoms with Gasteiger partial charge in [-0.05, 0) is 64.2 Å². The Hall–Kier alpha value is -2.11. The number of allylic oxidation sites excluding steroid dienone is 4. The molecule has 0 radical (unpaired) electrons. The predicted molar refractivity (Wildman–Crippen MR) is 363 cm³/mol. The fourth-order valence-corrected chi connectivity index (χ4v) is 11.7. The van der Waals surface area contributed by atoms with Crippen LogP contribution in [-0.2, 0) is 28.6 Å². The predicted octanol–water partition coefficient (Wildman–Crippen LogP) is 26.1. The molecule has 490 valence electrons. The standard InChI is InChI=1S/C77H146O6/c1-4-7-10-13-16-19-22-24-26-28-30-32-33-34-35-36-37-38-39-40-41-42-43-44-45-46-48-49-51-53-55-58-61-64-67-70-76(79)82-73-74(72-81-75(78)69-66-63-60-57-21-18-15-12-9-6-3)83-77(80)71-68-65-62-59-56-54-52-50-47-31-29-27-25-23-20-17-14-11-8-5-2/h12,15,28,30,74H,4-11,13-14,16-27,29,31-73H2,1-3H3/b15-12-,30-28-. The highest BCUT2D eigenvalue weighted by molar-refractivity contribution is 5.71. The fourth-order valence-electron chi connectivity index (χ4n) is 11.7. The smallest absolute Gasteiger partial charge is 0.306 e. The summed E-state index contributed by atoms with van der Waals surface area (Å²) in [4.78, 5) is 38.3. The Bertz CT molecular complexity index is 1340. The highest BCUT2D eigenvalue weighted by Crippen LogP contribution is 2.19. The number of carbonyl (C=O) groups excluding carboxylic acids is 3. The van der Waals surface area contributed by atoms with E-state index in [1.165, 1.54) is 321 Å². The molecule has 1 atom stereocenters. The first kappa shape index (κ1) is 80.9. The maximum Gasteiger partial charge on any atom is 0.306 e. The Morgan fingerprint density at radius 1 is 0.229 bits per heavy atom. The lowest BCUT2D eigenvalue weighted by Crippen LogP contribution is -2.30. The maximum atomic E-state index is 12.9. The van der Waals surface area contributed by atoms with Crippen molar-refractivity contribution in [2.75, 3.05) is 13.2 Å². The fraction of sp³-hybridized carbons (Fsp3) is 0.909. The average molecular weight is 1170 g/mol. The second kappa shape index (κ2) is 72.4. The minimum atomic E-state index is -0.770. The van der Waals surface area contributed by atoms with Gasteiger partial charge in [0, 0.05) is 19.3 Å². The number of rotatable bonds is 71. The molecule has 0 aliphatic carbocycles. The molecule has 0 saturated carbocycles. The number of ether oxygens (including phenoxy) is 3. The van der Waals surface area contributed by atoms with E-state index in [1.54, 1.807) is 0 Å². The number of hydrogen-bond acceptors (Lipinski definition) is 6. The van der Waals surface area contributed by atoms with E-state index in [9.17, 15) is 14.4 Å². The van der Waals surface area contributed by atoms with E-state index in [-0.39, 0.29) is 31.1 Å². The second-order valence-corrected chi connectivity index (χ2v) is 25.9. The van der Waals surface area contributed by atoms with Gasteiger partial charge in [0.15, 0.2) is 6.10 Å². The Morgan fingerprint density at radius 2 is 0.422 bits per heavy atom.